The van der Waals surface area contributed by atoms with Gasteiger partial charge in [-0.1, -0.05) is 13.3 Å². The van der Waals surface area contributed by atoms with E-state index in [4.69, 9.17) is 5.73 Å². The third kappa shape index (κ3) is 4.78. The molecule has 0 fully saturated rings. The van der Waals surface area contributed by atoms with Crippen molar-refractivity contribution in [2.45, 2.75) is 52.6 Å². The van der Waals surface area contributed by atoms with Gasteiger partial charge in [0.1, 0.15) is 0 Å². The van der Waals surface area contributed by atoms with Crippen LogP contribution in [0.25, 0.3) is 0 Å². The summed E-state index contributed by atoms with van der Waals surface area (Å²) < 4.78 is 2.12. The van der Waals surface area contributed by atoms with E-state index in [1.54, 1.807) is 0 Å². The fourth-order valence-electron chi connectivity index (χ4n) is 2.15. The first kappa shape index (κ1) is 15.2. The Morgan fingerprint density at radius 2 is 2.06 bits per heavy atom. The van der Waals surface area contributed by atoms with Crippen molar-refractivity contribution >= 4 is 0 Å². The van der Waals surface area contributed by atoms with Crippen LogP contribution >= 0.6 is 0 Å². The van der Waals surface area contributed by atoms with E-state index in [0.717, 1.165) is 39.0 Å². The smallest absolute Gasteiger partial charge is 0.0625 e. The summed E-state index contributed by atoms with van der Waals surface area (Å²) >= 11 is 0. The van der Waals surface area contributed by atoms with Crippen LogP contribution in [0.3, 0.4) is 0 Å². The molecule has 1 rings (SSSR count). The van der Waals surface area contributed by atoms with E-state index in [-0.39, 0.29) is 0 Å². The van der Waals surface area contributed by atoms with Crippen molar-refractivity contribution < 1.29 is 0 Å². The van der Waals surface area contributed by atoms with E-state index in [2.05, 4.69) is 41.6 Å². The summed E-state index contributed by atoms with van der Waals surface area (Å²) in [4.78, 5) is 2.37. The highest BCUT2D eigenvalue weighted by Crippen LogP contribution is 2.09. The maximum Gasteiger partial charge on any atom is 0.0625 e. The van der Waals surface area contributed by atoms with Crippen molar-refractivity contribution in [1.82, 2.24) is 14.7 Å². The molecule has 0 unspecified atom stereocenters. The molecule has 0 saturated heterocycles. The zero-order valence-electron chi connectivity index (χ0n) is 12.2. The molecular formula is C14H28N4. The number of hydrogen-bond acceptors (Lipinski definition) is 3. The molecule has 0 saturated carbocycles. The summed E-state index contributed by atoms with van der Waals surface area (Å²) in [5.41, 5.74) is 8.03. The number of aryl methyl sites for hydroxylation is 2. The standard InChI is InChI=1S/C14H28N4/c1-4-13-11-14(18(5-2)16-13)12-17(3)10-8-6-7-9-15/h11H,4-10,12,15H2,1-3H3. The molecule has 0 aromatic carbocycles. The van der Waals surface area contributed by atoms with Gasteiger partial charge in [-0.25, -0.2) is 0 Å². The summed E-state index contributed by atoms with van der Waals surface area (Å²) in [7, 11) is 2.18. The second-order valence-corrected chi connectivity index (χ2v) is 4.88. The largest absolute Gasteiger partial charge is 0.330 e. The van der Waals surface area contributed by atoms with Crippen molar-refractivity contribution in [2.24, 2.45) is 5.73 Å². The first-order chi connectivity index (χ1) is 8.71. The Balaban J connectivity index is 2.42. The van der Waals surface area contributed by atoms with Crippen molar-refractivity contribution in [3.05, 3.63) is 17.5 Å². The maximum atomic E-state index is 5.50. The highest BCUT2D eigenvalue weighted by atomic mass is 15.3. The van der Waals surface area contributed by atoms with Gasteiger partial charge in [0.25, 0.3) is 0 Å². The minimum Gasteiger partial charge on any atom is -0.330 e. The maximum absolute atomic E-state index is 5.50. The van der Waals surface area contributed by atoms with Crippen LogP contribution < -0.4 is 5.73 Å². The van der Waals surface area contributed by atoms with Crippen molar-refractivity contribution in [3.8, 4) is 0 Å². The summed E-state index contributed by atoms with van der Waals surface area (Å²) in [6, 6.07) is 2.24. The van der Waals surface area contributed by atoms with Gasteiger partial charge in [-0.2, -0.15) is 5.10 Å². The van der Waals surface area contributed by atoms with Gasteiger partial charge in [0.2, 0.25) is 0 Å². The Kier molecular flexibility index (Phi) is 6.98. The normalized spacial score (nSPS) is 11.4. The average molecular weight is 252 g/mol. The second-order valence-electron chi connectivity index (χ2n) is 4.88. The summed E-state index contributed by atoms with van der Waals surface area (Å²) in [5, 5.41) is 4.58. The first-order valence-corrected chi connectivity index (χ1v) is 7.15. The van der Waals surface area contributed by atoms with Gasteiger partial charge >= 0.3 is 0 Å². The highest BCUT2D eigenvalue weighted by molar-refractivity contribution is 5.10. The number of hydrogen-bond donors (Lipinski definition) is 1. The Bertz CT molecular complexity index is 333. The quantitative estimate of drug-likeness (QED) is 0.684. The zero-order chi connectivity index (χ0) is 13.4. The molecule has 0 aliphatic carbocycles. The van der Waals surface area contributed by atoms with Crippen LogP contribution in [0.5, 0.6) is 0 Å². The number of rotatable bonds is 9. The monoisotopic (exact) mass is 252 g/mol. The molecule has 1 aromatic heterocycles. The summed E-state index contributed by atoms with van der Waals surface area (Å²) in [6.07, 6.45) is 4.61. The Morgan fingerprint density at radius 1 is 1.28 bits per heavy atom. The number of nitrogens with two attached hydrogens (primary N) is 1. The summed E-state index contributed by atoms with van der Waals surface area (Å²) in [5.74, 6) is 0. The van der Waals surface area contributed by atoms with Gasteiger partial charge in [0.15, 0.2) is 0 Å². The SMILES string of the molecule is CCc1cc(CN(C)CCCCCN)n(CC)n1. The molecule has 4 heteroatoms. The Morgan fingerprint density at radius 3 is 2.67 bits per heavy atom. The fourth-order valence-corrected chi connectivity index (χ4v) is 2.15. The average Bonchev–Trinajstić information content (AvgIpc) is 2.77. The summed E-state index contributed by atoms with van der Waals surface area (Å²) in [6.45, 7) is 8.20. The third-order valence-electron chi connectivity index (χ3n) is 3.25. The number of nitrogens with zero attached hydrogens (tertiary/aromatic N) is 3. The molecule has 18 heavy (non-hydrogen) atoms. The van der Waals surface area contributed by atoms with E-state index in [9.17, 15) is 0 Å². The lowest BCUT2D eigenvalue weighted by atomic mass is 10.2. The topological polar surface area (TPSA) is 47.1 Å². The van der Waals surface area contributed by atoms with E-state index in [0.29, 0.717) is 0 Å². The van der Waals surface area contributed by atoms with Gasteiger partial charge in [-0.05, 0) is 52.4 Å². The zero-order valence-corrected chi connectivity index (χ0v) is 12.2. The van der Waals surface area contributed by atoms with Crippen LogP contribution in [0.15, 0.2) is 6.07 Å². The third-order valence-corrected chi connectivity index (χ3v) is 3.25. The van der Waals surface area contributed by atoms with Crippen molar-refractivity contribution in [1.29, 1.82) is 0 Å². The van der Waals surface area contributed by atoms with Crippen LogP contribution in [-0.4, -0.2) is 34.8 Å². The van der Waals surface area contributed by atoms with Crippen LogP contribution in [-0.2, 0) is 19.5 Å². The van der Waals surface area contributed by atoms with Crippen LogP contribution in [0, 0.1) is 0 Å². The predicted molar refractivity (Wildman–Crippen MR) is 76.5 cm³/mol. The molecule has 2 N–H and O–H groups in total. The first-order valence-electron chi connectivity index (χ1n) is 7.15. The molecule has 104 valence electrons. The fraction of sp³-hybridized carbons (Fsp3) is 0.786. The number of unbranched alkanes of at least 4 members (excludes halogenated alkanes) is 2. The Hall–Kier alpha value is -0.870. The molecule has 0 atom stereocenters. The lowest BCUT2D eigenvalue weighted by Gasteiger charge is -2.16. The minimum atomic E-state index is 0.812. The van der Waals surface area contributed by atoms with Crippen molar-refractivity contribution in [3.63, 3.8) is 0 Å². The van der Waals surface area contributed by atoms with Crippen LogP contribution in [0.2, 0.25) is 0 Å². The lowest BCUT2D eigenvalue weighted by Crippen LogP contribution is -2.21. The molecular weight excluding hydrogens is 224 g/mol. The molecule has 0 aliphatic heterocycles. The molecule has 4 nitrogen and oxygen atoms in total. The van der Waals surface area contributed by atoms with E-state index < -0.39 is 0 Å². The van der Waals surface area contributed by atoms with Gasteiger partial charge in [0, 0.05) is 13.1 Å². The highest BCUT2D eigenvalue weighted by Gasteiger charge is 2.08. The predicted octanol–water partition coefficient (Wildman–Crippen LogP) is 2.03. The van der Waals surface area contributed by atoms with E-state index in [1.807, 2.05) is 0 Å². The van der Waals surface area contributed by atoms with E-state index in [1.165, 1.54) is 24.2 Å². The van der Waals surface area contributed by atoms with Gasteiger partial charge in [0.05, 0.1) is 11.4 Å². The van der Waals surface area contributed by atoms with Crippen LogP contribution in [0.1, 0.15) is 44.5 Å². The van der Waals surface area contributed by atoms with Crippen LogP contribution in [0.4, 0.5) is 0 Å². The molecule has 0 radical (unpaired) electrons. The Labute approximate surface area is 111 Å². The van der Waals surface area contributed by atoms with Gasteiger partial charge < -0.3 is 10.6 Å². The molecule has 0 spiro atoms. The van der Waals surface area contributed by atoms with E-state index >= 15 is 0 Å². The molecule has 0 amide bonds. The van der Waals surface area contributed by atoms with Gasteiger partial charge in [-0.15, -0.1) is 0 Å². The molecule has 1 aromatic rings. The lowest BCUT2D eigenvalue weighted by molar-refractivity contribution is 0.307. The minimum absolute atomic E-state index is 0.812. The molecule has 0 bridgehead atoms. The van der Waals surface area contributed by atoms with Crippen molar-refractivity contribution in [2.75, 3.05) is 20.1 Å². The molecule has 0 aliphatic rings. The number of aromatic nitrogens is 2. The molecule has 1 heterocycles. The van der Waals surface area contributed by atoms with Gasteiger partial charge in [-0.3, -0.25) is 4.68 Å². The second kappa shape index (κ2) is 8.27.